The number of carbonyl (C=O) groups excluding carboxylic acids is 1. The molecule has 0 saturated heterocycles. The molecule has 0 bridgehead atoms. The minimum atomic E-state index is -0.966. The third kappa shape index (κ3) is 6.40. The number of carbonyl (C=O) groups is 2. The quantitative estimate of drug-likeness (QED) is 0.575. The van der Waals surface area contributed by atoms with E-state index in [1.807, 2.05) is 20.8 Å². The number of aliphatic carboxylic acids is 1. The zero-order chi connectivity index (χ0) is 12.6. The summed E-state index contributed by atoms with van der Waals surface area (Å²) in [7, 11) is 0. The molecule has 94 valence electrons. The lowest BCUT2D eigenvalue weighted by molar-refractivity contribution is -0.142. The lowest BCUT2D eigenvalue weighted by Gasteiger charge is -2.16. The van der Waals surface area contributed by atoms with E-state index in [4.69, 9.17) is 5.11 Å². The first-order valence-corrected chi connectivity index (χ1v) is 5.76. The van der Waals surface area contributed by atoms with E-state index in [1.54, 1.807) is 0 Å². The Kier molecular flexibility index (Phi) is 7.54. The van der Waals surface area contributed by atoms with Gasteiger partial charge in [0.1, 0.15) is 6.04 Å². The number of carboxylic acids is 1. The van der Waals surface area contributed by atoms with E-state index < -0.39 is 12.0 Å². The van der Waals surface area contributed by atoms with Crippen LogP contribution in [0.5, 0.6) is 0 Å². The maximum absolute atomic E-state index is 11.5. The van der Waals surface area contributed by atoms with Gasteiger partial charge in [-0.25, -0.2) is 4.79 Å². The molecule has 0 radical (unpaired) electrons. The van der Waals surface area contributed by atoms with Crippen LogP contribution >= 0.6 is 0 Å². The first-order chi connectivity index (χ1) is 7.51. The van der Waals surface area contributed by atoms with Crippen LogP contribution in [0.25, 0.3) is 0 Å². The van der Waals surface area contributed by atoms with Crippen LogP contribution in [-0.2, 0) is 9.59 Å². The number of amides is 1. The van der Waals surface area contributed by atoms with Crippen molar-refractivity contribution in [1.29, 1.82) is 0 Å². The lowest BCUT2D eigenvalue weighted by atomic mass is 10.1. The van der Waals surface area contributed by atoms with Crippen molar-refractivity contribution in [3.63, 3.8) is 0 Å². The normalized spacial score (nSPS) is 14.2. The van der Waals surface area contributed by atoms with Gasteiger partial charge in [0.25, 0.3) is 0 Å². The molecule has 0 aromatic carbocycles. The summed E-state index contributed by atoms with van der Waals surface area (Å²) in [5.74, 6) is -1.18. The molecule has 0 heterocycles. The number of rotatable bonds is 8. The van der Waals surface area contributed by atoms with E-state index in [1.165, 1.54) is 0 Å². The molecule has 0 aromatic rings. The van der Waals surface area contributed by atoms with Crippen molar-refractivity contribution in [1.82, 2.24) is 10.6 Å². The topological polar surface area (TPSA) is 78.4 Å². The summed E-state index contributed by atoms with van der Waals surface area (Å²) in [6.07, 6.45) is 1.51. The fraction of sp³-hybridized carbons (Fsp3) is 0.818. The Hall–Kier alpha value is -1.10. The first kappa shape index (κ1) is 14.9. The Labute approximate surface area is 96.6 Å². The number of nitrogens with one attached hydrogen (secondary N) is 2. The minimum absolute atomic E-state index is 0.0704. The molecule has 0 aliphatic heterocycles. The minimum Gasteiger partial charge on any atom is -0.480 e. The van der Waals surface area contributed by atoms with Crippen LogP contribution in [0.15, 0.2) is 0 Å². The van der Waals surface area contributed by atoms with Crippen LogP contribution in [0.4, 0.5) is 0 Å². The van der Waals surface area contributed by atoms with Gasteiger partial charge in [0, 0.05) is 12.5 Å². The fourth-order valence-electron chi connectivity index (χ4n) is 1.50. The summed E-state index contributed by atoms with van der Waals surface area (Å²) in [4.78, 5) is 22.3. The van der Waals surface area contributed by atoms with Crippen LogP contribution in [0, 0.1) is 0 Å². The molecule has 3 N–H and O–H groups in total. The summed E-state index contributed by atoms with van der Waals surface area (Å²) in [5.41, 5.74) is 0. The Morgan fingerprint density at radius 2 is 1.94 bits per heavy atom. The van der Waals surface area contributed by atoms with Gasteiger partial charge in [-0.2, -0.15) is 0 Å². The number of carboxylic acid groups (broad SMARTS) is 1. The summed E-state index contributed by atoms with van der Waals surface area (Å²) >= 11 is 0. The number of hydrogen-bond donors (Lipinski definition) is 3. The highest BCUT2D eigenvalue weighted by Gasteiger charge is 2.19. The highest BCUT2D eigenvalue weighted by Crippen LogP contribution is 1.99. The average molecular weight is 230 g/mol. The van der Waals surface area contributed by atoms with Crippen molar-refractivity contribution >= 4 is 11.9 Å². The van der Waals surface area contributed by atoms with E-state index in [2.05, 4.69) is 10.6 Å². The zero-order valence-electron chi connectivity index (χ0n) is 10.2. The van der Waals surface area contributed by atoms with Crippen molar-refractivity contribution in [3.05, 3.63) is 0 Å². The molecule has 5 nitrogen and oxygen atoms in total. The Bertz CT molecular complexity index is 231. The van der Waals surface area contributed by atoms with Gasteiger partial charge >= 0.3 is 5.97 Å². The smallest absolute Gasteiger partial charge is 0.326 e. The van der Waals surface area contributed by atoms with Gasteiger partial charge in [-0.1, -0.05) is 20.3 Å². The summed E-state index contributed by atoms with van der Waals surface area (Å²) in [5, 5.41) is 14.5. The lowest BCUT2D eigenvalue weighted by Crippen LogP contribution is -2.43. The average Bonchev–Trinajstić information content (AvgIpc) is 2.16. The van der Waals surface area contributed by atoms with Crippen molar-refractivity contribution in [3.8, 4) is 0 Å². The van der Waals surface area contributed by atoms with Gasteiger partial charge in [-0.05, 0) is 19.9 Å². The van der Waals surface area contributed by atoms with Crippen molar-refractivity contribution < 1.29 is 14.7 Å². The Balaban J connectivity index is 4.04. The van der Waals surface area contributed by atoms with Gasteiger partial charge in [0.2, 0.25) is 5.91 Å². The molecule has 0 aromatic heterocycles. The van der Waals surface area contributed by atoms with E-state index in [0.717, 1.165) is 13.0 Å². The van der Waals surface area contributed by atoms with Gasteiger partial charge in [0.15, 0.2) is 0 Å². The van der Waals surface area contributed by atoms with Crippen molar-refractivity contribution in [2.75, 3.05) is 6.54 Å². The molecule has 0 fully saturated rings. The number of hydrogen-bond acceptors (Lipinski definition) is 3. The molecule has 2 atom stereocenters. The second kappa shape index (κ2) is 8.10. The van der Waals surface area contributed by atoms with Crippen LogP contribution in [0.1, 0.15) is 40.0 Å². The highest BCUT2D eigenvalue weighted by atomic mass is 16.4. The molecule has 0 aliphatic carbocycles. The third-order valence-corrected chi connectivity index (χ3v) is 2.25. The summed E-state index contributed by atoms with van der Waals surface area (Å²) in [6.45, 7) is 6.55. The third-order valence-electron chi connectivity index (χ3n) is 2.25. The Morgan fingerprint density at radius 3 is 2.38 bits per heavy atom. The fourth-order valence-corrected chi connectivity index (χ4v) is 1.50. The molecule has 0 spiro atoms. The molecule has 1 amide bonds. The standard InChI is InChI=1S/C11H22N2O3/c1-4-6-9(11(15)16)13-10(14)7-8(3)12-5-2/h8-9,12H,4-7H2,1-3H3,(H,13,14)(H,15,16). The monoisotopic (exact) mass is 230 g/mol. The largest absolute Gasteiger partial charge is 0.480 e. The van der Waals surface area contributed by atoms with E-state index in [-0.39, 0.29) is 11.9 Å². The molecule has 0 rings (SSSR count). The second-order valence-electron chi connectivity index (χ2n) is 3.91. The molecule has 5 heteroatoms. The summed E-state index contributed by atoms with van der Waals surface area (Å²) < 4.78 is 0. The maximum atomic E-state index is 11.5. The predicted octanol–water partition coefficient (Wildman–Crippen LogP) is 0.744. The summed E-state index contributed by atoms with van der Waals surface area (Å²) in [6, 6.07) is -0.688. The van der Waals surface area contributed by atoms with Gasteiger partial charge in [-0.3, -0.25) is 4.79 Å². The van der Waals surface area contributed by atoms with E-state index in [9.17, 15) is 9.59 Å². The predicted molar refractivity (Wildman–Crippen MR) is 62.2 cm³/mol. The first-order valence-electron chi connectivity index (χ1n) is 5.76. The molecule has 0 aliphatic rings. The maximum Gasteiger partial charge on any atom is 0.326 e. The SMILES string of the molecule is CCCC(NC(=O)CC(C)NCC)C(=O)O. The van der Waals surface area contributed by atoms with Crippen molar-refractivity contribution in [2.45, 2.75) is 52.1 Å². The van der Waals surface area contributed by atoms with E-state index in [0.29, 0.717) is 12.8 Å². The molecule has 16 heavy (non-hydrogen) atoms. The van der Waals surface area contributed by atoms with Crippen LogP contribution in [0.2, 0.25) is 0 Å². The molecule has 2 unspecified atom stereocenters. The van der Waals surface area contributed by atoms with Gasteiger partial charge in [0.05, 0.1) is 0 Å². The second-order valence-corrected chi connectivity index (χ2v) is 3.91. The Morgan fingerprint density at radius 1 is 1.31 bits per heavy atom. The highest BCUT2D eigenvalue weighted by molar-refractivity contribution is 5.83. The van der Waals surface area contributed by atoms with Crippen LogP contribution in [-0.4, -0.2) is 35.6 Å². The zero-order valence-corrected chi connectivity index (χ0v) is 10.2. The molecule has 0 saturated carbocycles. The van der Waals surface area contributed by atoms with Crippen molar-refractivity contribution in [2.24, 2.45) is 0 Å². The van der Waals surface area contributed by atoms with Crippen LogP contribution < -0.4 is 10.6 Å². The van der Waals surface area contributed by atoms with Gasteiger partial charge in [-0.15, -0.1) is 0 Å². The molecular formula is C11H22N2O3. The van der Waals surface area contributed by atoms with E-state index >= 15 is 0 Å². The molecular weight excluding hydrogens is 208 g/mol. The van der Waals surface area contributed by atoms with Gasteiger partial charge < -0.3 is 15.7 Å². The van der Waals surface area contributed by atoms with Crippen LogP contribution in [0.3, 0.4) is 0 Å².